The molecule has 0 fully saturated rings. The van der Waals surface area contributed by atoms with Crippen molar-refractivity contribution in [1.29, 1.82) is 0 Å². The molecule has 0 aliphatic heterocycles. The monoisotopic (exact) mass is 294 g/mol. The molecule has 0 amide bonds. The van der Waals surface area contributed by atoms with Gasteiger partial charge in [0, 0.05) is 11.1 Å². The molecule has 0 bridgehead atoms. The minimum Gasteiger partial charge on any atom is -0.338 e. The zero-order valence-corrected chi connectivity index (χ0v) is 12.3. The van der Waals surface area contributed by atoms with Crippen molar-refractivity contribution in [3.05, 3.63) is 84.2 Å². The van der Waals surface area contributed by atoms with Crippen molar-refractivity contribution < 1.29 is 9.46 Å². The van der Waals surface area contributed by atoms with Gasteiger partial charge < -0.3 is 4.89 Å². The van der Waals surface area contributed by atoms with Gasteiger partial charge in [0.2, 0.25) is 0 Å². The molecule has 0 aliphatic carbocycles. The van der Waals surface area contributed by atoms with Gasteiger partial charge >= 0.3 is 0 Å². The van der Waals surface area contributed by atoms with E-state index in [1.807, 2.05) is 66.7 Å². The molecule has 3 aromatic carbocycles. The van der Waals surface area contributed by atoms with Gasteiger partial charge in [0.15, 0.2) is 0 Å². The Morgan fingerprint density at radius 3 is 2.29 bits per heavy atom. The van der Waals surface area contributed by atoms with Crippen LogP contribution in [-0.4, -0.2) is 4.89 Å². The van der Waals surface area contributed by atoms with E-state index in [9.17, 15) is 9.46 Å². The van der Waals surface area contributed by atoms with E-state index in [1.54, 1.807) is 12.1 Å². The second-order valence-corrected chi connectivity index (χ2v) is 6.87. The summed E-state index contributed by atoms with van der Waals surface area (Å²) in [7, 11) is -3.54. The third kappa shape index (κ3) is 2.97. The Morgan fingerprint density at radius 1 is 0.810 bits per heavy atom. The van der Waals surface area contributed by atoms with Crippen molar-refractivity contribution in [2.24, 2.45) is 0 Å². The first-order valence-corrected chi connectivity index (χ1v) is 8.45. The summed E-state index contributed by atoms with van der Waals surface area (Å²) in [6.45, 7) is 0. The quantitative estimate of drug-likeness (QED) is 0.727. The largest absolute Gasteiger partial charge is 0.338 e. The van der Waals surface area contributed by atoms with E-state index in [-0.39, 0.29) is 0 Å². The summed E-state index contributed by atoms with van der Waals surface area (Å²) >= 11 is 0. The molecule has 3 heteroatoms. The minimum absolute atomic E-state index is 0.479. The van der Waals surface area contributed by atoms with E-state index in [0.717, 1.165) is 16.3 Å². The molecular weight excluding hydrogens is 279 g/mol. The Labute approximate surface area is 123 Å². The Hall–Kier alpha value is -2.15. The molecule has 1 unspecified atom stereocenters. The first-order chi connectivity index (χ1) is 10.2. The van der Waals surface area contributed by atoms with Crippen molar-refractivity contribution in [1.82, 2.24) is 0 Å². The van der Waals surface area contributed by atoms with Crippen LogP contribution >= 0.6 is 7.37 Å². The van der Waals surface area contributed by atoms with Crippen LogP contribution in [0.15, 0.2) is 78.6 Å². The van der Waals surface area contributed by atoms with E-state index in [0.29, 0.717) is 5.30 Å². The second-order valence-electron chi connectivity index (χ2n) is 4.85. The van der Waals surface area contributed by atoms with Crippen molar-refractivity contribution >= 4 is 29.5 Å². The van der Waals surface area contributed by atoms with Crippen LogP contribution in [0.3, 0.4) is 0 Å². The Morgan fingerprint density at radius 2 is 1.48 bits per heavy atom. The molecule has 0 spiro atoms. The van der Waals surface area contributed by atoms with Crippen LogP contribution in [-0.2, 0) is 4.57 Å². The van der Waals surface area contributed by atoms with Crippen LogP contribution in [0.1, 0.15) is 5.56 Å². The minimum atomic E-state index is -3.54. The average molecular weight is 294 g/mol. The third-order valence-corrected chi connectivity index (χ3v) is 5.01. The molecule has 0 heterocycles. The van der Waals surface area contributed by atoms with E-state index in [2.05, 4.69) is 0 Å². The van der Waals surface area contributed by atoms with Crippen molar-refractivity contribution in [3.63, 3.8) is 0 Å². The second kappa shape index (κ2) is 5.69. The molecule has 3 aromatic rings. The predicted octanol–water partition coefficient (Wildman–Crippen LogP) is 4.41. The van der Waals surface area contributed by atoms with Gasteiger partial charge in [-0.25, -0.2) is 0 Å². The van der Waals surface area contributed by atoms with E-state index in [4.69, 9.17) is 0 Å². The van der Waals surface area contributed by atoms with Gasteiger partial charge in [-0.15, -0.1) is 0 Å². The SMILES string of the molecule is O=P(O)(C=Cc1ccccc1)c1cccc2ccccc12. The third-order valence-electron chi connectivity index (χ3n) is 3.38. The number of rotatable bonds is 3. The Balaban J connectivity index is 2.05. The van der Waals surface area contributed by atoms with Crippen LogP contribution in [0.5, 0.6) is 0 Å². The normalized spacial score (nSPS) is 14.3. The number of hydrogen-bond donors (Lipinski definition) is 1. The smallest absolute Gasteiger partial charge is 0.252 e. The lowest BCUT2D eigenvalue weighted by molar-refractivity contribution is 0.500. The predicted molar refractivity (Wildman–Crippen MR) is 88.9 cm³/mol. The molecule has 104 valence electrons. The molecule has 1 atom stereocenters. The lowest BCUT2D eigenvalue weighted by atomic mass is 10.1. The number of benzene rings is 3. The first kappa shape index (κ1) is 13.8. The fraction of sp³-hybridized carbons (Fsp3) is 0. The summed E-state index contributed by atoms with van der Waals surface area (Å²) < 4.78 is 12.7. The molecular formula is C18H15O2P. The topological polar surface area (TPSA) is 37.3 Å². The standard InChI is InChI=1S/C18H15O2P/c19-21(20,14-13-15-7-2-1-3-8-15)18-12-6-10-16-9-4-5-11-17(16)18/h1-14H,(H,19,20). The maximum Gasteiger partial charge on any atom is 0.252 e. The van der Waals surface area contributed by atoms with E-state index >= 15 is 0 Å². The van der Waals surface area contributed by atoms with Crippen LogP contribution in [0.2, 0.25) is 0 Å². The van der Waals surface area contributed by atoms with Crippen LogP contribution in [0.4, 0.5) is 0 Å². The van der Waals surface area contributed by atoms with E-state index < -0.39 is 7.37 Å². The highest BCUT2D eigenvalue weighted by molar-refractivity contribution is 7.69. The van der Waals surface area contributed by atoms with Gasteiger partial charge in [-0.1, -0.05) is 66.7 Å². The van der Waals surface area contributed by atoms with Crippen molar-refractivity contribution in [2.75, 3.05) is 0 Å². The maximum atomic E-state index is 12.7. The first-order valence-electron chi connectivity index (χ1n) is 6.72. The van der Waals surface area contributed by atoms with Gasteiger partial charge in [-0.05, 0) is 28.5 Å². The van der Waals surface area contributed by atoms with Gasteiger partial charge in [0.05, 0.1) is 0 Å². The lowest BCUT2D eigenvalue weighted by Crippen LogP contribution is -2.03. The van der Waals surface area contributed by atoms with Gasteiger partial charge in [0.25, 0.3) is 7.37 Å². The fourth-order valence-corrected chi connectivity index (χ4v) is 3.70. The highest BCUT2D eigenvalue weighted by atomic mass is 31.2. The molecule has 1 N–H and O–H groups in total. The summed E-state index contributed by atoms with van der Waals surface area (Å²) in [5.41, 5.74) is 0.909. The Bertz CT molecular complexity index is 833. The number of fused-ring (bicyclic) bond motifs is 1. The molecule has 0 aliphatic rings. The van der Waals surface area contributed by atoms with Crippen molar-refractivity contribution in [3.8, 4) is 0 Å². The van der Waals surface area contributed by atoms with Gasteiger partial charge in [-0.3, -0.25) is 4.57 Å². The molecule has 0 saturated carbocycles. The highest BCUT2D eigenvalue weighted by Gasteiger charge is 2.19. The highest BCUT2D eigenvalue weighted by Crippen LogP contribution is 2.43. The lowest BCUT2D eigenvalue weighted by Gasteiger charge is -2.10. The van der Waals surface area contributed by atoms with Crippen LogP contribution in [0.25, 0.3) is 16.8 Å². The molecule has 0 aromatic heterocycles. The van der Waals surface area contributed by atoms with Crippen LogP contribution in [0, 0.1) is 0 Å². The number of hydrogen-bond acceptors (Lipinski definition) is 1. The molecule has 0 saturated heterocycles. The van der Waals surface area contributed by atoms with Crippen LogP contribution < -0.4 is 5.30 Å². The summed E-state index contributed by atoms with van der Waals surface area (Å²) in [5.74, 6) is 1.41. The van der Waals surface area contributed by atoms with Gasteiger partial charge in [-0.2, -0.15) is 0 Å². The summed E-state index contributed by atoms with van der Waals surface area (Å²) in [5, 5.41) is 2.27. The van der Waals surface area contributed by atoms with E-state index in [1.165, 1.54) is 5.82 Å². The zero-order chi connectivity index (χ0) is 14.7. The maximum absolute atomic E-state index is 12.7. The molecule has 3 rings (SSSR count). The average Bonchev–Trinajstić information content (AvgIpc) is 2.53. The van der Waals surface area contributed by atoms with Gasteiger partial charge in [0.1, 0.15) is 0 Å². The molecule has 21 heavy (non-hydrogen) atoms. The summed E-state index contributed by atoms with van der Waals surface area (Å²) in [6, 6.07) is 22.6. The Kier molecular flexibility index (Phi) is 3.74. The van der Waals surface area contributed by atoms with Crippen molar-refractivity contribution in [2.45, 2.75) is 0 Å². The molecule has 0 radical (unpaired) electrons. The molecule has 2 nitrogen and oxygen atoms in total. The fourth-order valence-electron chi connectivity index (χ4n) is 2.32. The summed E-state index contributed by atoms with van der Waals surface area (Å²) in [6.07, 6.45) is 1.70. The summed E-state index contributed by atoms with van der Waals surface area (Å²) in [4.78, 5) is 10.4. The zero-order valence-electron chi connectivity index (χ0n) is 11.4.